The van der Waals surface area contributed by atoms with E-state index in [0.29, 0.717) is 11.3 Å². The van der Waals surface area contributed by atoms with Crippen LogP contribution in [0.15, 0.2) is 36.5 Å². The number of nitrogens with two attached hydrogens (primary N) is 1. The van der Waals surface area contributed by atoms with Crippen LogP contribution in [0.25, 0.3) is 0 Å². The fourth-order valence-electron chi connectivity index (χ4n) is 1.61. The van der Waals surface area contributed by atoms with Crippen molar-refractivity contribution in [3.8, 4) is 0 Å². The van der Waals surface area contributed by atoms with E-state index >= 15 is 0 Å². The molecule has 0 amide bonds. The van der Waals surface area contributed by atoms with Gasteiger partial charge in [-0.15, -0.1) is 0 Å². The van der Waals surface area contributed by atoms with Crippen molar-refractivity contribution in [1.82, 2.24) is 4.98 Å². The zero-order valence-corrected chi connectivity index (χ0v) is 9.32. The summed E-state index contributed by atoms with van der Waals surface area (Å²) >= 11 is 0. The summed E-state index contributed by atoms with van der Waals surface area (Å²) < 4.78 is 25.9. The number of hydrogen-bond acceptors (Lipinski definition) is 2. The van der Waals surface area contributed by atoms with Gasteiger partial charge in [0.1, 0.15) is 0 Å². The maximum absolute atomic E-state index is 13.1. The molecule has 0 bridgehead atoms. The van der Waals surface area contributed by atoms with E-state index < -0.39 is 17.7 Å². The van der Waals surface area contributed by atoms with Crippen molar-refractivity contribution in [3.63, 3.8) is 0 Å². The molecule has 17 heavy (non-hydrogen) atoms. The Bertz CT molecular complexity index is 541. The Morgan fingerprint density at radius 1 is 1.12 bits per heavy atom. The molecule has 0 aliphatic heterocycles. The lowest BCUT2D eigenvalue weighted by Gasteiger charge is -2.12. The van der Waals surface area contributed by atoms with Crippen LogP contribution >= 0.6 is 0 Å². The second-order valence-electron chi connectivity index (χ2n) is 3.91. The molecule has 0 aliphatic carbocycles. The van der Waals surface area contributed by atoms with Gasteiger partial charge in [0.15, 0.2) is 11.6 Å². The highest BCUT2D eigenvalue weighted by Crippen LogP contribution is 2.20. The molecule has 1 aromatic heterocycles. The first-order chi connectivity index (χ1) is 8.08. The van der Waals surface area contributed by atoms with Crippen LogP contribution in [-0.2, 0) is 0 Å². The molecule has 2 rings (SSSR count). The van der Waals surface area contributed by atoms with Crippen LogP contribution in [-0.4, -0.2) is 4.98 Å². The number of hydrogen-bond donors (Lipinski definition) is 1. The van der Waals surface area contributed by atoms with E-state index in [1.807, 2.05) is 19.1 Å². The highest BCUT2D eigenvalue weighted by molar-refractivity contribution is 5.29. The van der Waals surface area contributed by atoms with Gasteiger partial charge in [0.2, 0.25) is 0 Å². The first-order valence-corrected chi connectivity index (χ1v) is 5.21. The summed E-state index contributed by atoms with van der Waals surface area (Å²) in [7, 11) is 0. The van der Waals surface area contributed by atoms with E-state index in [0.717, 1.165) is 17.7 Å². The van der Waals surface area contributed by atoms with Crippen molar-refractivity contribution in [1.29, 1.82) is 0 Å². The van der Waals surface area contributed by atoms with Gasteiger partial charge in [-0.05, 0) is 42.3 Å². The molecule has 2 aromatic rings. The van der Waals surface area contributed by atoms with E-state index in [9.17, 15) is 8.78 Å². The Morgan fingerprint density at radius 2 is 1.88 bits per heavy atom. The Morgan fingerprint density at radius 3 is 2.53 bits per heavy atom. The second kappa shape index (κ2) is 4.59. The zero-order valence-electron chi connectivity index (χ0n) is 9.32. The minimum atomic E-state index is -0.898. The Kier molecular flexibility index (Phi) is 3.15. The van der Waals surface area contributed by atoms with Gasteiger partial charge in [0, 0.05) is 6.20 Å². The highest BCUT2D eigenvalue weighted by atomic mass is 19.2. The summed E-state index contributed by atoms with van der Waals surface area (Å²) in [6.45, 7) is 1.92. The van der Waals surface area contributed by atoms with Gasteiger partial charge in [-0.25, -0.2) is 8.78 Å². The third kappa shape index (κ3) is 2.47. The van der Waals surface area contributed by atoms with E-state index in [2.05, 4.69) is 4.98 Å². The topological polar surface area (TPSA) is 38.9 Å². The molecule has 4 heteroatoms. The molecular formula is C13H12F2N2. The number of benzene rings is 1. The van der Waals surface area contributed by atoms with Crippen LogP contribution in [0.5, 0.6) is 0 Å². The minimum absolute atomic E-state index is 0.502. The quantitative estimate of drug-likeness (QED) is 0.867. The normalized spacial score (nSPS) is 12.5. The van der Waals surface area contributed by atoms with Crippen LogP contribution in [0.1, 0.15) is 22.9 Å². The van der Waals surface area contributed by atoms with Crippen molar-refractivity contribution >= 4 is 0 Å². The lowest BCUT2D eigenvalue weighted by atomic mass is 10.0. The SMILES string of the molecule is Cc1ccnc(C(N)c2ccc(F)c(F)c2)c1. The first-order valence-electron chi connectivity index (χ1n) is 5.21. The number of halogens is 2. The molecule has 2 N–H and O–H groups in total. The largest absolute Gasteiger partial charge is 0.319 e. The van der Waals surface area contributed by atoms with Crippen molar-refractivity contribution in [2.75, 3.05) is 0 Å². The minimum Gasteiger partial charge on any atom is -0.319 e. The smallest absolute Gasteiger partial charge is 0.159 e. The standard InChI is InChI=1S/C13H12F2N2/c1-8-4-5-17-12(6-8)13(16)9-2-3-10(14)11(15)7-9/h2-7,13H,16H2,1H3. The molecule has 1 aromatic carbocycles. The summed E-state index contributed by atoms with van der Waals surface area (Å²) in [6.07, 6.45) is 1.64. The summed E-state index contributed by atoms with van der Waals surface area (Å²) in [5, 5.41) is 0. The van der Waals surface area contributed by atoms with Gasteiger partial charge in [-0.3, -0.25) is 4.98 Å². The van der Waals surface area contributed by atoms with E-state index in [-0.39, 0.29) is 0 Å². The molecule has 88 valence electrons. The van der Waals surface area contributed by atoms with Crippen LogP contribution in [0.4, 0.5) is 8.78 Å². The molecule has 0 spiro atoms. The van der Waals surface area contributed by atoms with Crippen molar-refractivity contribution in [3.05, 3.63) is 65.0 Å². The summed E-state index contributed by atoms with van der Waals surface area (Å²) in [6, 6.07) is 6.76. The van der Waals surface area contributed by atoms with Crippen LogP contribution in [0, 0.1) is 18.6 Å². The molecule has 1 atom stereocenters. The molecule has 0 saturated heterocycles. The zero-order chi connectivity index (χ0) is 12.4. The number of rotatable bonds is 2. The van der Waals surface area contributed by atoms with Crippen molar-refractivity contribution < 1.29 is 8.78 Å². The third-order valence-electron chi connectivity index (χ3n) is 2.56. The molecule has 2 nitrogen and oxygen atoms in total. The molecule has 1 heterocycles. The monoisotopic (exact) mass is 234 g/mol. The van der Waals surface area contributed by atoms with Crippen LogP contribution in [0.3, 0.4) is 0 Å². The van der Waals surface area contributed by atoms with Crippen LogP contribution in [0.2, 0.25) is 0 Å². The molecule has 0 saturated carbocycles. The van der Waals surface area contributed by atoms with Gasteiger partial charge < -0.3 is 5.73 Å². The van der Waals surface area contributed by atoms with Gasteiger partial charge in [0.05, 0.1) is 11.7 Å². The summed E-state index contributed by atoms with van der Waals surface area (Å²) in [4.78, 5) is 4.13. The Labute approximate surface area is 98.1 Å². The molecule has 0 aliphatic rings. The summed E-state index contributed by atoms with van der Waals surface area (Å²) in [5.41, 5.74) is 8.11. The number of pyridine rings is 1. The van der Waals surface area contributed by atoms with E-state index in [1.165, 1.54) is 6.07 Å². The molecular weight excluding hydrogens is 222 g/mol. The lowest BCUT2D eigenvalue weighted by molar-refractivity contribution is 0.506. The summed E-state index contributed by atoms with van der Waals surface area (Å²) in [5.74, 6) is -1.77. The van der Waals surface area contributed by atoms with Crippen LogP contribution < -0.4 is 5.73 Å². The fourth-order valence-corrected chi connectivity index (χ4v) is 1.61. The second-order valence-corrected chi connectivity index (χ2v) is 3.91. The average Bonchev–Trinajstić information content (AvgIpc) is 2.32. The Hall–Kier alpha value is -1.81. The number of aromatic nitrogens is 1. The number of nitrogens with zero attached hydrogens (tertiary/aromatic N) is 1. The molecule has 1 unspecified atom stereocenters. The fraction of sp³-hybridized carbons (Fsp3) is 0.154. The van der Waals surface area contributed by atoms with Crippen molar-refractivity contribution in [2.24, 2.45) is 5.73 Å². The third-order valence-corrected chi connectivity index (χ3v) is 2.56. The van der Waals surface area contributed by atoms with Gasteiger partial charge in [-0.2, -0.15) is 0 Å². The Balaban J connectivity index is 2.36. The first kappa shape index (κ1) is 11.7. The van der Waals surface area contributed by atoms with Gasteiger partial charge in [-0.1, -0.05) is 6.07 Å². The maximum Gasteiger partial charge on any atom is 0.159 e. The lowest BCUT2D eigenvalue weighted by Crippen LogP contribution is -2.14. The van der Waals surface area contributed by atoms with E-state index in [4.69, 9.17) is 5.73 Å². The maximum atomic E-state index is 13.1. The highest BCUT2D eigenvalue weighted by Gasteiger charge is 2.12. The molecule has 0 fully saturated rings. The van der Waals surface area contributed by atoms with Crippen molar-refractivity contribution in [2.45, 2.75) is 13.0 Å². The molecule has 0 radical (unpaired) electrons. The van der Waals surface area contributed by atoms with Gasteiger partial charge in [0.25, 0.3) is 0 Å². The predicted molar refractivity (Wildman–Crippen MR) is 61.4 cm³/mol. The average molecular weight is 234 g/mol. The number of aryl methyl sites for hydroxylation is 1. The van der Waals surface area contributed by atoms with Gasteiger partial charge >= 0.3 is 0 Å². The predicted octanol–water partition coefficient (Wildman–Crippen LogP) is 2.72. The van der Waals surface area contributed by atoms with E-state index in [1.54, 1.807) is 6.20 Å².